The normalized spacial score (nSPS) is 14.0. The van der Waals surface area contributed by atoms with Gasteiger partial charge in [-0.25, -0.2) is 4.57 Å². The maximum absolute atomic E-state index is 13.0. The van der Waals surface area contributed by atoms with Crippen LogP contribution in [0.15, 0.2) is 24.3 Å². The Bertz CT molecular complexity index is 1170. The van der Waals surface area contributed by atoms with Crippen molar-refractivity contribution in [3.63, 3.8) is 0 Å². The van der Waals surface area contributed by atoms with Crippen LogP contribution in [-0.2, 0) is 18.4 Å². The topological polar surface area (TPSA) is 105 Å². The molecule has 3 unspecified atom stereocenters. The minimum Gasteiger partial charge on any atom is -0.387 e. The van der Waals surface area contributed by atoms with Gasteiger partial charge in [0.1, 0.15) is 13.2 Å². The molecule has 0 fully saturated rings. The van der Waals surface area contributed by atoms with E-state index in [4.69, 9.17) is 9.05 Å². The van der Waals surface area contributed by atoms with E-state index in [1.165, 1.54) is 244 Å². The predicted octanol–water partition coefficient (Wildman–Crippen LogP) is 18.4. The molecule has 0 saturated heterocycles. The first-order chi connectivity index (χ1) is 33.5. The molecule has 410 valence electrons. The van der Waals surface area contributed by atoms with E-state index in [0.29, 0.717) is 17.4 Å². The van der Waals surface area contributed by atoms with Gasteiger partial charge >= 0.3 is 7.82 Å². The molecule has 3 atom stereocenters. The van der Waals surface area contributed by atoms with Gasteiger partial charge in [0.25, 0.3) is 0 Å². The molecule has 0 aromatic heterocycles. The molecular weight excluding hydrogens is 876 g/mol. The number of quaternary nitrogens is 1. The molecule has 9 heteroatoms. The van der Waals surface area contributed by atoms with Crippen molar-refractivity contribution in [3.05, 3.63) is 24.3 Å². The van der Waals surface area contributed by atoms with E-state index in [2.05, 4.69) is 31.3 Å². The van der Waals surface area contributed by atoms with E-state index in [0.717, 1.165) is 38.5 Å². The molecule has 0 aliphatic heterocycles. The van der Waals surface area contributed by atoms with E-state index in [1.807, 2.05) is 27.2 Å². The third-order valence-corrected chi connectivity index (χ3v) is 14.9. The molecule has 0 aliphatic carbocycles. The Labute approximate surface area is 430 Å². The third kappa shape index (κ3) is 54.6. The molecule has 3 N–H and O–H groups in total. The average Bonchev–Trinajstić information content (AvgIpc) is 3.31. The summed E-state index contributed by atoms with van der Waals surface area (Å²) in [5.41, 5.74) is 0. The van der Waals surface area contributed by atoms with Crippen LogP contribution in [0.1, 0.15) is 303 Å². The quantitative estimate of drug-likeness (QED) is 0.0243. The summed E-state index contributed by atoms with van der Waals surface area (Å²) in [7, 11) is 1.58. The van der Waals surface area contributed by atoms with Gasteiger partial charge in [-0.05, 0) is 44.9 Å². The lowest BCUT2D eigenvalue weighted by Gasteiger charge is -2.25. The van der Waals surface area contributed by atoms with E-state index in [-0.39, 0.29) is 19.1 Å². The van der Waals surface area contributed by atoms with Crippen molar-refractivity contribution in [1.82, 2.24) is 5.32 Å². The summed E-state index contributed by atoms with van der Waals surface area (Å²) in [5.74, 6) is -0.176. The highest BCUT2D eigenvalue weighted by Crippen LogP contribution is 2.43. The van der Waals surface area contributed by atoms with Crippen molar-refractivity contribution >= 4 is 13.7 Å². The van der Waals surface area contributed by atoms with E-state index >= 15 is 0 Å². The Morgan fingerprint density at radius 1 is 0.478 bits per heavy atom. The summed E-state index contributed by atoms with van der Waals surface area (Å²) in [5, 5.41) is 14.0. The van der Waals surface area contributed by atoms with Crippen molar-refractivity contribution in [2.24, 2.45) is 0 Å². The molecule has 0 aromatic rings. The van der Waals surface area contributed by atoms with Crippen LogP contribution in [0.2, 0.25) is 0 Å². The van der Waals surface area contributed by atoms with E-state index in [1.54, 1.807) is 6.08 Å². The van der Waals surface area contributed by atoms with Crippen LogP contribution in [0.3, 0.4) is 0 Å². The number of allylic oxidation sites excluding steroid dienone is 3. The van der Waals surface area contributed by atoms with Crippen LogP contribution < -0.4 is 5.32 Å². The molecule has 0 spiro atoms. The smallest absolute Gasteiger partial charge is 0.387 e. The van der Waals surface area contributed by atoms with Gasteiger partial charge in [0.15, 0.2) is 0 Å². The van der Waals surface area contributed by atoms with Crippen molar-refractivity contribution in [1.29, 1.82) is 0 Å². The first-order valence-electron chi connectivity index (χ1n) is 30.2. The van der Waals surface area contributed by atoms with Gasteiger partial charge < -0.3 is 19.8 Å². The molecular formula is C60H120N2O6P+. The average molecular weight is 997 g/mol. The molecule has 0 aromatic carbocycles. The lowest BCUT2D eigenvalue weighted by atomic mass is 10.0. The number of rotatable bonds is 56. The van der Waals surface area contributed by atoms with Crippen LogP contribution in [-0.4, -0.2) is 73.4 Å². The number of carbonyl (C=O) groups is 1. The zero-order chi connectivity index (χ0) is 50.6. The van der Waals surface area contributed by atoms with Gasteiger partial charge in [-0.3, -0.25) is 13.8 Å². The highest BCUT2D eigenvalue weighted by molar-refractivity contribution is 7.47. The summed E-state index contributed by atoms with van der Waals surface area (Å²) in [4.78, 5) is 23.3. The van der Waals surface area contributed by atoms with Gasteiger partial charge in [-0.2, -0.15) is 0 Å². The molecule has 0 saturated carbocycles. The molecule has 69 heavy (non-hydrogen) atoms. The number of unbranched alkanes of at least 4 members (excludes halogenated alkanes) is 41. The highest BCUT2D eigenvalue weighted by Gasteiger charge is 2.27. The van der Waals surface area contributed by atoms with Crippen molar-refractivity contribution in [2.45, 2.75) is 315 Å². The Kier molecular flexibility index (Phi) is 51.1. The number of likely N-dealkylation sites (N-methyl/N-ethyl adjacent to an activating group) is 1. The Balaban J connectivity index is 4.18. The largest absolute Gasteiger partial charge is 0.472 e. The highest BCUT2D eigenvalue weighted by atomic mass is 31.2. The van der Waals surface area contributed by atoms with Gasteiger partial charge in [-0.1, -0.05) is 276 Å². The number of amides is 1. The zero-order valence-corrected chi connectivity index (χ0v) is 47.7. The zero-order valence-electron chi connectivity index (χ0n) is 46.8. The monoisotopic (exact) mass is 996 g/mol. The molecule has 0 rings (SSSR count). The Morgan fingerprint density at radius 3 is 1.12 bits per heavy atom. The second kappa shape index (κ2) is 51.9. The van der Waals surface area contributed by atoms with Gasteiger partial charge in [-0.15, -0.1) is 0 Å². The van der Waals surface area contributed by atoms with Gasteiger partial charge in [0.05, 0.1) is 39.9 Å². The van der Waals surface area contributed by atoms with Gasteiger partial charge in [0.2, 0.25) is 5.91 Å². The molecule has 0 radical (unpaired) electrons. The SMILES string of the molecule is CCCCCCCCCCCCCC/C=C\CCCCCCCCCC(=O)NC(COP(=O)(O)OCC[N+](C)(C)C)C(O)/C=C/CCCCCCCCCCCCCCCCCCCCCCCC. The number of hydrogen-bond acceptors (Lipinski definition) is 5. The summed E-state index contributed by atoms with van der Waals surface area (Å²) >= 11 is 0. The first kappa shape index (κ1) is 68.0. The minimum atomic E-state index is -4.35. The third-order valence-electron chi connectivity index (χ3n) is 13.9. The number of phosphoric ester groups is 1. The second-order valence-corrected chi connectivity index (χ2v) is 23.5. The fourth-order valence-corrected chi connectivity index (χ4v) is 9.89. The molecule has 1 amide bonds. The van der Waals surface area contributed by atoms with Crippen LogP contribution >= 0.6 is 7.82 Å². The fourth-order valence-electron chi connectivity index (χ4n) is 9.16. The number of nitrogens with zero attached hydrogens (tertiary/aromatic N) is 1. The molecule has 0 bridgehead atoms. The Morgan fingerprint density at radius 2 is 0.783 bits per heavy atom. The number of hydrogen-bond donors (Lipinski definition) is 3. The second-order valence-electron chi connectivity index (χ2n) is 22.1. The van der Waals surface area contributed by atoms with Crippen LogP contribution in [0.4, 0.5) is 0 Å². The first-order valence-corrected chi connectivity index (χ1v) is 31.7. The number of phosphoric acid groups is 1. The maximum Gasteiger partial charge on any atom is 0.472 e. The van der Waals surface area contributed by atoms with E-state index in [9.17, 15) is 19.4 Å². The molecule has 0 heterocycles. The van der Waals surface area contributed by atoms with Crippen molar-refractivity contribution < 1.29 is 32.9 Å². The fraction of sp³-hybridized carbons (Fsp3) is 0.917. The van der Waals surface area contributed by atoms with E-state index < -0.39 is 20.0 Å². The lowest BCUT2D eigenvalue weighted by Crippen LogP contribution is -2.45. The summed E-state index contributed by atoms with van der Waals surface area (Å²) in [6.07, 6.45) is 65.7. The Hall–Kier alpha value is -1.02. The number of aliphatic hydroxyl groups excluding tert-OH is 1. The standard InChI is InChI=1S/C60H119N2O6P/c1-6-8-10-12-14-16-18-20-22-24-26-28-30-32-33-35-37-39-41-43-45-47-49-51-53-59(63)58(57-68-69(65,66)67-56-55-62(3,4)5)61-60(64)54-52-50-48-46-44-42-40-38-36-34-31-29-27-25-23-21-19-17-15-13-11-9-7-2/h34,36,51,53,58-59,63H,6-33,35,37-50,52,54-57H2,1-5H3,(H-,61,64,65,66)/p+1/b36-34-,53-51+. The summed E-state index contributed by atoms with van der Waals surface area (Å²) in [6.45, 7) is 4.86. The van der Waals surface area contributed by atoms with Crippen molar-refractivity contribution in [3.8, 4) is 0 Å². The summed E-state index contributed by atoms with van der Waals surface area (Å²) in [6, 6.07) is -0.848. The van der Waals surface area contributed by atoms with Crippen LogP contribution in [0.25, 0.3) is 0 Å². The number of carbonyl (C=O) groups excluding carboxylic acids is 1. The lowest BCUT2D eigenvalue weighted by molar-refractivity contribution is -0.870. The minimum absolute atomic E-state index is 0.0624. The van der Waals surface area contributed by atoms with Crippen LogP contribution in [0, 0.1) is 0 Å². The molecule has 8 nitrogen and oxygen atoms in total. The van der Waals surface area contributed by atoms with Crippen molar-refractivity contribution in [2.75, 3.05) is 40.9 Å². The number of aliphatic hydroxyl groups is 1. The molecule has 0 aliphatic rings. The van der Waals surface area contributed by atoms with Crippen LogP contribution in [0.5, 0.6) is 0 Å². The van der Waals surface area contributed by atoms with Gasteiger partial charge in [0, 0.05) is 6.42 Å². The number of nitrogens with one attached hydrogen (secondary N) is 1. The summed E-state index contributed by atoms with van der Waals surface area (Å²) < 4.78 is 23.7. The maximum atomic E-state index is 13.0. The predicted molar refractivity (Wildman–Crippen MR) is 300 cm³/mol.